The molecule has 78 valence electrons. The van der Waals surface area contributed by atoms with Crippen LogP contribution in [0.25, 0.3) is 10.2 Å². The third-order valence-electron chi connectivity index (χ3n) is 1.86. The Bertz CT molecular complexity index is 538. The largest absolute Gasteiger partial charge is 0.411 e. The van der Waals surface area contributed by atoms with Crippen LogP contribution >= 0.6 is 27.3 Å². The molecule has 0 fully saturated rings. The van der Waals surface area contributed by atoms with Gasteiger partial charge in [-0.3, -0.25) is 0 Å². The fourth-order valence-electron chi connectivity index (χ4n) is 1.17. The number of hydrogen-bond donors (Lipinski definition) is 1. The van der Waals surface area contributed by atoms with Crippen molar-refractivity contribution in [1.29, 1.82) is 0 Å². The molecule has 2 rings (SSSR count). The van der Waals surface area contributed by atoms with Crippen LogP contribution in [0.15, 0.2) is 16.6 Å². The van der Waals surface area contributed by atoms with Crippen molar-refractivity contribution in [1.82, 2.24) is 4.98 Å². The van der Waals surface area contributed by atoms with Gasteiger partial charge in [-0.15, -0.1) is 0 Å². The molecule has 0 saturated carbocycles. The van der Waals surface area contributed by atoms with Gasteiger partial charge >= 0.3 is 6.09 Å². The summed E-state index contributed by atoms with van der Waals surface area (Å²) in [6, 6.07) is 3.90. The molecule has 1 aromatic carbocycles. The summed E-state index contributed by atoms with van der Waals surface area (Å²) in [5, 5.41) is 0.267. The second kappa shape index (κ2) is 3.79. The number of nitrogens with zero attached hydrogens (tertiary/aromatic N) is 1. The molecular weight excluding hydrogens is 280 g/mol. The Morgan fingerprint density at radius 2 is 2.33 bits per heavy atom. The average molecular weight is 287 g/mol. The van der Waals surface area contributed by atoms with Gasteiger partial charge in [-0.25, -0.2) is 9.78 Å². The number of hydrogen-bond acceptors (Lipinski definition) is 4. The normalized spacial score (nSPS) is 10.5. The third-order valence-corrected chi connectivity index (χ3v) is 3.76. The molecule has 1 heterocycles. The van der Waals surface area contributed by atoms with Gasteiger partial charge in [-0.2, -0.15) is 0 Å². The van der Waals surface area contributed by atoms with E-state index in [1.54, 1.807) is 0 Å². The Hall–Kier alpha value is -1.14. The van der Waals surface area contributed by atoms with E-state index in [0.29, 0.717) is 0 Å². The number of primary amides is 1. The van der Waals surface area contributed by atoms with Crippen molar-refractivity contribution in [2.75, 3.05) is 0 Å². The lowest BCUT2D eigenvalue weighted by Crippen LogP contribution is -2.15. The van der Waals surface area contributed by atoms with Crippen molar-refractivity contribution >= 4 is 43.6 Å². The van der Waals surface area contributed by atoms with Gasteiger partial charge in [0.2, 0.25) is 0 Å². The predicted octanol–water partition coefficient (Wildman–Crippen LogP) is 2.82. The summed E-state index contributed by atoms with van der Waals surface area (Å²) < 4.78 is 6.58. The maximum absolute atomic E-state index is 10.6. The van der Waals surface area contributed by atoms with Gasteiger partial charge in [0.15, 0.2) is 0 Å². The van der Waals surface area contributed by atoms with Crippen LogP contribution in [0.4, 0.5) is 4.79 Å². The van der Waals surface area contributed by atoms with E-state index in [9.17, 15) is 4.79 Å². The summed E-state index contributed by atoms with van der Waals surface area (Å²) in [6.45, 7) is 1.97. The van der Waals surface area contributed by atoms with Crippen molar-refractivity contribution in [2.24, 2.45) is 5.73 Å². The summed E-state index contributed by atoms with van der Waals surface area (Å²) in [4.78, 5) is 14.7. The second-order valence-electron chi connectivity index (χ2n) is 2.94. The zero-order valence-electron chi connectivity index (χ0n) is 7.78. The molecule has 2 aromatic rings. The minimum atomic E-state index is -0.845. The molecule has 1 aromatic heterocycles. The molecule has 0 atom stereocenters. The Kier molecular flexibility index (Phi) is 2.62. The molecule has 2 N–H and O–H groups in total. The molecule has 4 nitrogen and oxygen atoms in total. The molecule has 0 spiro atoms. The standard InChI is InChI=1S/C9H7BrN2O2S/c1-4-2-3-5-7(6(4)10)12-9(15-5)14-8(11)13/h2-3H,1H3,(H2,11,13). The van der Waals surface area contributed by atoms with Gasteiger partial charge in [0.05, 0.1) is 10.2 Å². The van der Waals surface area contributed by atoms with Crippen LogP contribution in [0.5, 0.6) is 5.19 Å². The van der Waals surface area contributed by atoms with Crippen molar-refractivity contribution < 1.29 is 9.53 Å². The number of aryl methyl sites for hydroxylation is 1. The Balaban J connectivity index is 2.56. The highest BCUT2D eigenvalue weighted by Gasteiger charge is 2.10. The fraction of sp³-hybridized carbons (Fsp3) is 0.111. The van der Waals surface area contributed by atoms with Crippen molar-refractivity contribution in [3.63, 3.8) is 0 Å². The average Bonchev–Trinajstić information content (AvgIpc) is 2.54. The highest BCUT2D eigenvalue weighted by atomic mass is 79.9. The van der Waals surface area contributed by atoms with E-state index in [1.165, 1.54) is 11.3 Å². The number of carbonyl (C=O) groups is 1. The molecule has 0 saturated heterocycles. The van der Waals surface area contributed by atoms with E-state index in [2.05, 4.69) is 20.9 Å². The maximum Gasteiger partial charge on any atom is 0.411 e. The number of rotatable bonds is 1. The lowest BCUT2D eigenvalue weighted by Gasteiger charge is -1.96. The van der Waals surface area contributed by atoms with Crippen molar-refractivity contribution in [3.8, 4) is 5.19 Å². The van der Waals surface area contributed by atoms with Gasteiger partial charge in [-0.1, -0.05) is 17.4 Å². The van der Waals surface area contributed by atoms with Crippen LogP contribution in [-0.4, -0.2) is 11.1 Å². The molecule has 6 heteroatoms. The Morgan fingerprint density at radius 1 is 1.60 bits per heavy atom. The van der Waals surface area contributed by atoms with E-state index in [1.807, 2.05) is 19.1 Å². The first-order chi connectivity index (χ1) is 7.08. The summed E-state index contributed by atoms with van der Waals surface area (Å²) >= 11 is 4.72. The Labute approximate surface area is 98.2 Å². The van der Waals surface area contributed by atoms with Gasteiger partial charge in [0.25, 0.3) is 5.19 Å². The third kappa shape index (κ3) is 1.95. The van der Waals surface area contributed by atoms with Crippen LogP contribution < -0.4 is 10.5 Å². The van der Waals surface area contributed by atoms with Gasteiger partial charge in [0.1, 0.15) is 0 Å². The lowest BCUT2D eigenvalue weighted by molar-refractivity contribution is 0.211. The van der Waals surface area contributed by atoms with Crippen LogP contribution in [0.2, 0.25) is 0 Å². The quantitative estimate of drug-likeness (QED) is 0.877. The minimum Gasteiger partial charge on any atom is -0.381 e. The number of aromatic nitrogens is 1. The van der Waals surface area contributed by atoms with E-state index in [-0.39, 0.29) is 5.19 Å². The molecule has 0 aliphatic carbocycles. The van der Waals surface area contributed by atoms with Crippen LogP contribution in [0.1, 0.15) is 5.56 Å². The SMILES string of the molecule is Cc1ccc2sc(OC(N)=O)nc2c1Br. The zero-order valence-corrected chi connectivity index (χ0v) is 10.2. The number of ether oxygens (including phenoxy) is 1. The van der Waals surface area contributed by atoms with Crippen molar-refractivity contribution in [2.45, 2.75) is 6.92 Å². The Morgan fingerprint density at radius 3 is 3.00 bits per heavy atom. The molecule has 0 aliphatic rings. The van der Waals surface area contributed by atoms with E-state index in [4.69, 9.17) is 10.5 Å². The molecular formula is C9H7BrN2O2S. The molecule has 0 aliphatic heterocycles. The molecule has 1 amide bonds. The summed E-state index contributed by atoms with van der Waals surface area (Å²) in [6.07, 6.45) is -0.845. The predicted molar refractivity (Wildman–Crippen MR) is 62.3 cm³/mol. The van der Waals surface area contributed by atoms with Crippen LogP contribution in [-0.2, 0) is 0 Å². The van der Waals surface area contributed by atoms with Gasteiger partial charge < -0.3 is 10.5 Å². The highest BCUT2D eigenvalue weighted by molar-refractivity contribution is 9.10. The van der Waals surface area contributed by atoms with E-state index >= 15 is 0 Å². The minimum absolute atomic E-state index is 0.267. The number of fused-ring (bicyclic) bond motifs is 1. The number of benzene rings is 1. The molecule has 15 heavy (non-hydrogen) atoms. The lowest BCUT2D eigenvalue weighted by atomic mass is 10.2. The van der Waals surface area contributed by atoms with E-state index in [0.717, 1.165) is 20.3 Å². The zero-order chi connectivity index (χ0) is 11.0. The first-order valence-corrected chi connectivity index (χ1v) is 5.72. The molecule has 0 bridgehead atoms. The van der Waals surface area contributed by atoms with Crippen LogP contribution in [0.3, 0.4) is 0 Å². The number of carbonyl (C=O) groups excluding carboxylic acids is 1. The smallest absolute Gasteiger partial charge is 0.381 e. The van der Waals surface area contributed by atoms with Gasteiger partial charge in [0, 0.05) is 4.47 Å². The summed E-state index contributed by atoms with van der Waals surface area (Å²) in [5.41, 5.74) is 6.78. The number of thiazole rings is 1. The first-order valence-electron chi connectivity index (χ1n) is 4.11. The first kappa shape index (κ1) is 10.4. The number of amides is 1. The number of nitrogens with two attached hydrogens (primary N) is 1. The monoisotopic (exact) mass is 286 g/mol. The fourth-order valence-corrected chi connectivity index (χ4v) is 2.57. The van der Waals surface area contributed by atoms with Crippen molar-refractivity contribution in [3.05, 3.63) is 22.2 Å². The van der Waals surface area contributed by atoms with Gasteiger partial charge in [-0.05, 0) is 34.5 Å². The highest BCUT2D eigenvalue weighted by Crippen LogP contribution is 2.34. The topological polar surface area (TPSA) is 65.2 Å². The van der Waals surface area contributed by atoms with E-state index < -0.39 is 6.09 Å². The summed E-state index contributed by atoms with van der Waals surface area (Å²) in [5.74, 6) is 0. The maximum atomic E-state index is 10.6. The summed E-state index contributed by atoms with van der Waals surface area (Å²) in [7, 11) is 0. The van der Waals surface area contributed by atoms with Crippen LogP contribution in [0, 0.1) is 6.92 Å². The molecule has 0 unspecified atom stereocenters. The number of halogens is 1. The molecule has 0 radical (unpaired) electrons. The second-order valence-corrected chi connectivity index (χ2v) is 4.73.